The Balaban J connectivity index is 2.25. The maximum Gasteiger partial charge on any atom is 0.224 e. The van der Waals surface area contributed by atoms with Gasteiger partial charge in [0.25, 0.3) is 0 Å². The van der Waals surface area contributed by atoms with Gasteiger partial charge in [-0.2, -0.15) is 5.10 Å². The Morgan fingerprint density at radius 1 is 1.56 bits per heavy atom. The second-order valence-corrected chi connectivity index (χ2v) is 5.25. The predicted molar refractivity (Wildman–Crippen MR) is 69.9 cm³/mol. The van der Waals surface area contributed by atoms with E-state index in [-0.39, 0.29) is 18.0 Å². The predicted octanol–water partition coefficient (Wildman–Crippen LogP) is 1.47. The molecule has 1 aliphatic heterocycles. The van der Waals surface area contributed by atoms with Crippen molar-refractivity contribution in [2.45, 2.75) is 51.7 Å². The molecule has 1 fully saturated rings. The molecular formula is C13H22N4O. The third-order valence-corrected chi connectivity index (χ3v) is 3.43. The normalized spacial score (nSPS) is 24.3. The van der Waals surface area contributed by atoms with Crippen molar-refractivity contribution in [3.8, 4) is 0 Å². The lowest BCUT2D eigenvalue weighted by Crippen LogP contribution is -2.33. The highest BCUT2D eigenvalue weighted by Crippen LogP contribution is 2.32. The third kappa shape index (κ3) is 2.27. The molecule has 2 N–H and O–H groups in total. The molecule has 2 heterocycles. The zero-order valence-corrected chi connectivity index (χ0v) is 11.3. The molecular weight excluding hydrogens is 228 g/mol. The van der Waals surface area contributed by atoms with Crippen LogP contribution in [0.5, 0.6) is 0 Å². The first-order valence-electron chi connectivity index (χ1n) is 6.63. The van der Waals surface area contributed by atoms with Crippen molar-refractivity contribution in [3.63, 3.8) is 0 Å². The van der Waals surface area contributed by atoms with Crippen molar-refractivity contribution >= 4 is 5.91 Å². The second kappa shape index (κ2) is 5.10. The summed E-state index contributed by atoms with van der Waals surface area (Å²) in [7, 11) is 0. The van der Waals surface area contributed by atoms with Crippen molar-refractivity contribution < 1.29 is 4.79 Å². The first kappa shape index (κ1) is 13.1. The van der Waals surface area contributed by atoms with Gasteiger partial charge < -0.3 is 10.6 Å². The molecule has 0 radical (unpaired) electrons. The van der Waals surface area contributed by atoms with Crippen molar-refractivity contribution in [2.24, 2.45) is 5.73 Å². The topological polar surface area (TPSA) is 64.2 Å². The lowest BCUT2D eigenvalue weighted by Gasteiger charge is -2.25. The van der Waals surface area contributed by atoms with Gasteiger partial charge in [-0.15, -0.1) is 0 Å². The Labute approximate surface area is 108 Å². The van der Waals surface area contributed by atoms with Gasteiger partial charge in [-0.05, 0) is 20.3 Å². The molecule has 2 atom stereocenters. The fourth-order valence-electron chi connectivity index (χ4n) is 2.54. The quantitative estimate of drug-likeness (QED) is 0.880. The first-order chi connectivity index (χ1) is 8.54. The van der Waals surface area contributed by atoms with Crippen LogP contribution in [0.3, 0.4) is 0 Å². The van der Waals surface area contributed by atoms with Crippen LogP contribution < -0.4 is 5.73 Å². The van der Waals surface area contributed by atoms with Crippen LogP contribution in [0.4, 0.5) is 0 Å². The standard InChI is InChI=1S/C13H22N4O/c1-4-5-16-12(18)6-11(14)13(16)10-7-15-17(8-10)9(2)3/h7-9,11,13H,4-6,14H2,1-3H3/t11-,13+/m0/s1. The lowest BCUT2D eigenvalue weighted by atomic mass is 10.0. The number of amides is 1. The number of likely N-dealkylation sites (tertiary alicyclic amines) is 1. The SMILES string of the molecule is CCCN1C(=O)C[C@H](N)[C@H]1c1cnn(C(C)C)c1. The van der Waals surface area contributed by atoms with Gasteiger partial charge in [0.05, 0.1) is 12.2 Å². The summed E-state index contributed by atoms with van der Waals surface area (Å²) in [4.78, 5) is 13.8. The molecule has 5 nitrogen and oxygen atoms in total. The van der Waals surface area contributed by atoms with E-state index in [9.17, 15) is 4.79 Å². The monoisotopic (exact) mass is 250 g/mol. The Bertz CT molecular complexity index is 426. The summed E-state index contributed by atoms with van der Waals surface area (Å²) in [5.74, 6) is 0.159. The summed E-state index contributed by atoms with van der Waals surface area (Å²) in [5, 5.41) is 4.34. The van der Waals surface area contributed by atoms with Crippen LogP contribution in [-0.2, 0) is 4.79 Å². The molecule has 1 amide bonds. The van der Waals surface area contributed by atoms with Crippen LogP contribution in [0.1, 0.15) is 51.3 Å². The van der Waals surface area contributed by atoms with Gasteiger partial charge >= 0.3 is 0 Å². The van der Waals surface area contributed by atoms with Gasteiger partial charge in [-0.25, -0.2) is 0 Å². The van der Waals surface area contributed by atoms with Crippen LogP contribution >= 0.6 is 0 Å². The molecule has 1 aromatic rings. The Hall–Kier alpha value is -1.36. The van der Waals surface area contributed by atoms with E-state index in [1.165, 1.54) is 0 Å². The molecule has 2 rings (SSSR count). The summed E-state index contributed by atoms with van der Waals surface area (Å²) in [6.07, 6.45) is 5.24. The fraction of sp³-hybridized carbons (Fsp3) is 0.692. The van der Waals surface area contributed by atoms with Crippen molar-refractivity contribution in [2.75, 3.05) is 6.54 Å². The molecule has 0 bridgehead atoms. The van der Waals surface area contributed by atoms with Crippen LogP contribution in [-0.4, -0.2) is 33.2 Å². The summed E-state index contributed by atoms with van der Waals surface area (Å²) in [5.41, 5.74) is 7.16. The number of nitrogens with two attached hydrogens (primary N) is 1. The highest BCUT2D eigenvalue weighted by molar-refractivity contribution is 5.80. The van der Waals surface area contributed by atoms with E-state index in [4.69, 9.17) is 5.73 Å². The zero-order valence-electron chi connectivity index (χ0n) is 11.3. The number of aromatic nitrogens is 2. The van der Waals surface area contributed by atoms with Crippen LogP contribution in [0.15, 0.2) is 12.4 Å². The smallest absolute Gasteiger partial charge is 0.224 e. The Morgan fingerprint density at radius 2 is 2.28 bits per heavy atom. The molecule has 100 valence electrons. The molecule has 0 unspecified atom stereocenters. The van der Waals surface area contributed by atoms with Crippen molar-refractivity contribution in [3.05, 3.63) is 18.0 Å². The van der Waals surface area contributed by atoms with Crippen molar-refractivity contribution in [1.29, 1.82) is 0 Å². The maximum absolute atomic E-state index is 11.9. The fourth-order valence-corrected chi connectivity index (χ4v) is 2.54. The minimum absolute atomic E-state index is 0.00931. The molecule has 0 spiro atoms. The number of carbonyl (C=O) groups excluding carboxylic acids is 1. The highest BCUT2D eigenvalue weighted by Gasteiger charge is 2.38. The average molecular weight is 250 g/mol. The number of nitrogens with zero attached hydrogens (tertiary/aromatic N) is 3. The molecule has 1 saturated heterocycles. The minimum Gasteiger partial charge on any atom is -0.334 e. The zero-order chi connectivity index (χ0) is 13.3. The van der Waals surface area contributed by atoms with Gasteiger partial charge in [0.2, 0.25) is 5.91 Å². The molecule has 0 saturated carbocycles. The third-order valence-electron chi connectivity index (χ3n) is 3.43. The van der Waals surface area contributed by atoms with E-state index < -0.39 is 0 Å². The molecule has 5 heteroatoms. The molecule has 0 aromatic carbocycles. The van der Waals surface area contributed by atoms with Gasteiger partial charge in [-0.3, -0.25) is 9.48 Å². The number of carbonyl (C=O) groups is 1. The summed E-state index contributed by atoms with van der Waals surface area (Å²) >= 11 is 0. The van der Waals surface area contributed by atoms with E-state index >= 15 is 0 Å². The number of hydrogen-bond acceptors (Lipinski definition) is 3. The minimum atomic E-state index is -0.117. The molecule has 1 aromatic heterocycles. The van der Waals surface area contributed by atoms with E-state index in [1.807, 2.05) is 22.0 Å². The van der Waals surface area contributed by atoms with E-state index in [0.717, 1.165) is 18.5 Å². The van der Waals surface area contributed by atoms with E-state index in [1.54, 1.807) is 0 Å². The van der Waals surface area contributed by atoms with E-state index in [2.05, 4.69) is 25.9 Å². The van der Waals surface area contributed by atoms with Gasteiger partial charge in [-0.1, -0.05) is 6.92 Å². The first-order valence-corrected chi connectivity index (χ1v) is 6.63. The maximum atomic E-state index is 11.9. The van der Waals surface area contributed by atoms with Crippen LogP contribution in [0.25, 0.3) is 0 Å². The Morgan fingerprint density at radius 3 is 2.83 bits per heavy atom. The van der Waals surface area contributed by atoms with Gasteiger partial charge in [0.15, 0.2) is 0 Å². The summed E-state index contributed by atoms with van der Waals surface area (Å²) in [6.45, 7) is 7.01. The van der Waals surface area contributed by atoms with Crippen LogP contribution in [0.2, 0.25) is 0 Å². The van der Waals surface area contributed by atoms with Crippen LogP contribution in [0, 0.1) is 0 Å². The second-order valence-electron chi connectivity index (χ2n) is 5.25. The molecule has 1 aliphatic rings. The van der Waals surface area contributed by atoms with E-state index in [0.29, 0.717) is 12.5 Å². The Kier molecular flexibility index (Phi) is 3.71. The van der Waals surface area contributed by atoms with Crippen molar-refractivity contribution in [1.82, 2.24) is 14.7 Å². The lowest BCUT2D eigenvalue weighted by molar-refractivity contribution is -0.129. The highest BCUT2D eigenvalue weighted by atomic mass is 16.2. The average Bonchev–Trinajstić information content (AvgIpc) is 2.86. The molecule has 0 aliphatic carbocycles. The van der Waals surface area contributed by atoms with Gasteiger partial charge in [0.1, 0.15) is 0 Å². The molecule has 18 heavy (non-hydrogen) atoms. The van der Waals surface area contributed by atoms with Gasteiger partial charge in [0, 0.05) is 36.8 Å². The largest absolute Gasteiger partial charge is 0.334 e. The number of hydrogen-bond donors (Lipinski definition) is 1. The summed E-state index contributed by atoms with van der Waals surface area (Å²) < 4.78 is 1.91. The number of rotatable bonds is 4. The summed E-state index contributed by atoms with van der Waals surface area (Å²) in [6, 6.07) is 0.200.